The summed E-state index contributed by atoms with van der Waals surface area (Å²) < 4.78 is 25.4. The summed E-state index contributed by atoms with van der Waals surface area (Å²) >= 11 is 3.28. The highest BCUT2D eigenvalue weighted by molar-refractivity contribution is 9.08. The monoisotopic (exact) mass is 333 g/mol. The summed E-state index contributed by atoms with van der Waals surface area (Å²) in [7, 11) is -3.54. The van der Waals surface area contributed by atoms with E-state index in [1.165, 1.54) is 4.31 Å². The molecule has 0 radical (unpaired) electrons. The van der Waals surface area contributed by atoms with Gasteiger partial charge in [0.2, 0.25) is 10.0 Å². The zero-order valence-corrected chi connectivity index (χ0v) is 11.8. The zero-order chi connectivity index (χ0) is 13.3. The van der Waals surface area contributed by atoms with Crippen LogP contribution in [0.25, 0.3) is 0 Å². The number of benzene rings is 1. The first-order valence-electron chi connectivity index (χ1n) is 5.33. The Morgan fingerprint density at radius 3 is 2.33 bits per heavy atom. The second-order valence-electron chi connectivity index (χ2n) is 4.13. The van der Waals surface area contributed by atoms with E-state index in [0.717, 1.165) is 5.56 Å². The Bertz CT molecular complexity index is 549. The van der Waals surface area contributed by atoms with Crippen molar-refractivity contribution in [2.75, 3.05) is 13.1 Å². The molecule has 0 spiro atoms. The lowest BCUT2D eigenvalue weighted by Crippen LogP contribution is -2.52. The van der Waals surface area contributed by atoms with Crippen LogP contribution in [-0.4, -0.2) is 36.9 Å². The highest BCUT2D eigenvalue weighted by Crippen LogP contribution is 2.25. The van der Waals surface area contributed by atoms with Crippen molar-refractivity contribution in [3.05, 3.63) is 29.8 Å². The topological polar surface area (TPSA) is 74.7 Å². The van der Waals surface area contributed by atoms with Gasteiger partial charge in [0.1, 0.15) is 0 Å². The van der Waals surface area contributed by atoms with E-state index in [1.807, 2.05) is 0 Å². The lowest BCUT2D eigenvalue weighted by atomic mass is 10.0. The summed E-state index contributed by atoms with van der Waals surface area (Å²) in [6.07, 6.45) is 0. The maximum atomic E-state index is 12.1. The van der Waals surface area contributed by atoms with Crippen LogP contribution in [0.3, 0.4) is 0 Å². The van der Waals surface area contributed by atoms with Gasteiger partial charge in [0.15, 0.2) is 0 Å². The molecule has 1 aliphatic heterocycles. The number of hydrogen-bond donors (Lipinski definition) is 1. The molecule has 98 valence electrons. The van der Waals surface area contributed by atoms with Gasteiger partial charge in [-0.3, -0.25) is 4.79 Å². The Kier molecular flexibility index (Phi) is 3.74. The van der Waals surface area contributed by atoms with Gasteiger partial charge in [0.25, 0.3) is 0 Å². The molecule has 5 nitrogen and oxygen atoms in total. The number of nitrogens with zero attached hydrogens (tertiary/aromatic N) is 1. The molecule has 0 aliphatic carbocycles. The molecule has 0 bridgehead atoms. The zero-order valence-electron chi connectivity index (χ0n) is 9.41. The quantitative estimate of drug-likeness (QED) is 0.842. The van der Waals surface area contributed by atoms with E-state index < -0.39 is 21.9 Å². The smallest absolute Gasteiger partial charge is 0.309 e. The van der Waals surface area contributed by atoms with E-state index in [4.69, 9.17) is 5.11 Å². The van der Waals surface area contributed by atoms with Gasteiger partial charge in [-0.15, -0.1) is 0 Å². The van der Waals surface area contributed by atoms with Crippen LogP contribution in [0.2, 0.25) is 0 Å². The number of rotatable bonds is 4. The van der Waals surface area contributed by atoms with Gasteiger partial charge in [-0.25, -0.2) is 8.42 Å². The normalized spacial score (nSPS) is 17.4. The van der Waals surface area contributed by atoms with Crippen LogP contribution in [0.1, 0.15) is 5.56 Å². The third-order valence-electron chi connectivity index (χ3n) is 2.91. The molecule has 1 aromatic carbocycles. The summed E-state index contributed by atoms with van der Waals surface area (Å²) in [6.45, 7) is 0.107. The molecule has 1 aliphatic rings. The van der Waals surface area contributed by atoms with Gasteiger partial charge in [0, 0.05) is 18.4 Å². The first kappa shape index (κ1) is 13.5. The minimum absolute atomic E-state index is 0.0534. The molecule has 7 heteroatoms. The summed E-state index contributed by atoms with van der Waals surface area (Å²) in [5.41, 5.74) is 0.987. The number of hydrogen-bond acceptors (Lipinski definition) is 3. The number of alkyl halides is 1. The maximum absolute atomic E-state index is 12.1. The van der Waals surface area contributed by atoms with E-state index in [-0.39, 0.29) is 18.0 Å². The number of carbonyl (C=O) groups is 1. The lowest BCUT2D eigenvalue weighted by Gasteiger charge is -2.35. The number of carboxylic acids is 1. The molecule has 0 unspecified atom stereocenters. The minimum Gasteiger partial charge on any atom is -0.481 e. The molecule has 18 heavy (non-hydrogen) atoms. The van der Waals surface area contributed by atoms with Crippen LogP contribution < -0.4 is 0 Å². The van der Waals surface area contributed by atoms with Crippen molar-refractivity contribution >= 4 is 31.9 Å². The molecule has 0 saturated carbocycles. The second-order valence-corrected chi connectivity index (χ2v) is 6.63. The fraction of sp³-hybridized carbons (Fsp3) is 0.364. The first-order valence-corrected chi connectivity index (χ1v) is 7.89. The van der Waals surface area contributed by atoms with E-state index in [2.05, 4.69) is 15.9 Å². The molecule has 0 atom stereocenters. The number of carboxylic acid groups (broad SMARTS) is 1. The van der Waals surface area contributed by atoms with Crippen molar-refractivity contribution < 1.29 is 18.3 Å². The number of aliphatic carboxylic acids is 1. The van der Waals surface area contributed by atoms with Crippen molar-refractivity contribution in [3.8, 4) is 0 Å². The van der Waals surface area contributed by atoms with Crippen LogP contribution in [0.5, 0.6) is 0 Å². The largest absolute Gasteiger partial charge is 0.481 e. The van der Waals surface area contributed by atoms with Gasteiger partial charge < -0.3 is 5.11 Å². The first-order chi connectivity index (χ1) is 8.45. The molecule has 1 N–H and O–H groups in total. The molecule has 2 rings (SSSR count). The van der Waals surface area contributed by atoms with Crippen LogP contribution >= 0.6 is 15.9 Å². The Hall–Kier alpha value is -0.920. The van der Waals surface area contributed by atoms with Gasteiger partial charge in [-0.2, -0.15) is 4.31 Å². The Morgan fingerprint density at radius 1 is 1.33 bits per heavy atom. The van der Waals surface area contributed by atoms with E-state index in [1.54, 1.807) is 24.3 Å². The van der Waals surface area contributed by atoms with Gasteiger partial charge >= 0.3 is 5.97 Å². The maximum Gasteiger partial charge on any atom is 0.309 e. The molecular weight excluding hydrogens is 322 g/mol. The molecular formula is C11H12BrNO4S. The van der Waals surface area contributed by atoms with Gasteiger partial charge in [-0.1, -0.05) is 28.1 Å². The predicted molar refractivity (Wildman–Crippen MR) is 69.0 cm³/mol. The highest BCUT2D eigenvalue weighted by atomic mass is 79.9. The van der Waals surface area contributed by atoms with Crippen molar-refractivity contribution in [1.82, 2.24) is 4.31 Å². The number of sulfonamides is 1. The average Bonchev–Trinajstić information content (AvgIpc) is 2.26. The van der Waals surface area contributed by atoms with Gasteiger partial charge in [-0.05, 0) is 17.7 Å². The van der Waals surface area contributed by atoms with E-state index in [9.17, 15) is 13.2 Å². The van der Waals surface area contributed by atoms with Gasteiger partial charge in [0.05, 0.1) is 10.8 Å². The highest BCUT2D eigenvalue weighted by Gasteiger charge is 2.40. The molecule has 1 aromatic rings. The van der Waals surface area contributed by atoms with E-state index in [0.29, 0.717) is 5.33 Å². The third kappa shape index (κ3) is 2.43. The molecule has 0 amide bonds. The van der Waals surface area contributed by atoms with Crippen LogP contribution in [0.4, 0.5) is 0 Å². The van der Waals surface area contributed by atoms with Crippen molar-refractivity contribution in [2.45, 2.75) is 10.2 Å². The van der Waals surface area contributed by atoms with Crippen molar-refractivity contribution in [2.24, 2.45) is 5.92 Å². The Morgan fingerprint density at radius 2 is 1.89 bits per heavy atom. The second kappa shape index (κ2) is 4.99. The van der Waals surface area contributed by atoms with Crippen LogP contribution in [0.15, 0.2) is 29.2 Å². The van der Waals surface area contributed by atoms with Crippen LogP contribution in [0, 0.1) is 5.92 Å². The molecule has 1 saturated heterocycles. The summed E-state index contributed by atoms with van der Waals surface area (Å²) in [5.74, 6) is -1.53. The average molecular weight is 334 g/mol. The summed E-state index contributed by atoms with van der Waals surface area (Å²) in [4.78, 5) is 10.9. The minimum atomic E-state index is -3.54. The number of halogens is 1. The fourth-order valence-corrected chi connectivity index (χ4v) is 3.59. The summed E-state index contributed by atoms with van der Waals surface area (Å²) in [5, 5.41) is 9.39. The predicted octanol–water partition coefficient (Wildman–Crippen LogP) is 1.29. The molecule has 1 fully saturated rings. The molecule has 0 aromatic heterocycles. The molecule has 1 heterocycles. The Balaban J connectivity index is 2.14. The fourth-order valence-electron chi connectivity index (χ4n) is 1.69. The van der Waals surface area contributed by atoms with Crippen LogP contribution in [-0.2, 0) is 20.1 Å². The SMILES string of the molecule is O=C(O)C1CN(S(=O)(=O)c2ccc(CBr)cc2)C1. The lowest BCUT2D eigenvalue weighted by molar-refractivity contribution is -0.145. The summed E-state index contributed by atoms with van der Waals surface area (Å²) in [6, 6.07) is 6.55. The van der Waals surface area contributed by atoms with Crippen molar-refractivity contribution in [3.63, 3.8) is 0 Å². The Labute approximate surface area is 114 Å². The standard InChI is InChI=1S/C11H12BrNO4S/c12-5-8-1-3-10(4-2-8)18(16,17)13-6-9(7-13)11(14)15/h1-4,9H,5-7H2,(H,14,15). The third-order valence-corrected chi connectivity index (χ3v) is 5.41. The van der Waals surface area contributed by atoms with E-state index >= 15 is 0 Å². The van der Waals surface area contributed by atoms with Crippen molar-refractivity contribution in [1.29, 1.82) is 0 Å².